The van der Waals surface area contributed by atoms with Gasteiger partial charge in [0.25, 0.3) is 0 Å². The fourth-order valence-electron chi connectivity index (χ4n) is 2.55. The Bertz CT molecular complexity index is 738. The Hall–Kier alpha value is -2.27. The van der Waals surface area contributed by atoms with Crippen LogP contribution < -0.4 is 5.73 Å². The minimum atomic E-state index is 0.553. The molecule has 110 valence electrons. The van der Waals surface area contributed by atoms with E-state index >= 15 is 0 Å². The van der Waals surface area contributed by atoms with Crippen molar-refractivity contribution in [3.63, 3.8) is 0 Å². The molecule has 0 saturated carbocycles. The van der Waals surface area contributed by atoms with Crippen molar-refractivity contribution in [2.24, 2.45) is 0 Å². The van der Waals surface area contributed by atoms with Gasteiger partial charge < -0.3 is 20.2 Å². The monoisotopic (exact) mass is 283 g/mol. The smallest absolute Gasteiger partial charge is 0.200 e. The van der Waals surface area contributed by atoms with Gasteiger partial charge in [-0.2, -0.15) is 0 Å². The summed E-state index contributed by atoms with van der Waals surface area (Å²) in [5.74, 6) is 0.553. The van der Waals surface area contributed by atoms with E-state index < -0.39 is 0 Å². The number of hydrogen-bond donors (Lipinski definition) is 2. The molecule has 0 bridgehead atoms. The Labute approximate surface area is 124 Å². The second kappa shape index (κ2) is 5.61. The van der Waals surface area contributed by atoms with Crippen molar-refractivity contribution >= 4 is 16.9 Å². The number of nitrogen functional groups attached to an aromatic ring is 1. The number of anilines is 1. The van der Waals surface area contributed by atoms with Gasteiger partial charge >= 0.3 is 0 Å². The van der Waals surface area contributed by atoms with Crippen molar-refractivity contribution in [1.82, 2.24) is 19.4 Å². The minimum absolute atomic E-state index is 0.553. The van der Waals surface area contributed by atoms with E-state index in [-0.39, 0.29) is 0 Å². The van der Waals surface area contributed by atoms with Crippen molar-refractivity contribution in [3.05, 3.63) is 47.9 Å². The number of benzene rings is 1. The SMILES string of the molecule is CN(C)CCc1c[nH]c2ccc(Cn3ccnc3N)cc12. The number of nitrogens with one attached hydrogen (secondary N) is 1. The first kappa shape index (κ1) is 13.7. The molecule has 0 aliphatic rings. The number of aromatic nitrogens is 3. The lowest BCUT2D eigenvalue weighted by Crippen LogP contribution is -2.14. The van der Waals surface area contributed by atoms with Gasteiger partial charge in [0.15, 0.2) is 5.95 Å². The molecule has 0 amide bonds. The number of fused-ring (bicyclic) bond motifs is 1. The van der Waals surface area contributed by atoms with Gasteiger partial charge in [-0.25, -0.2) is 4.98 Å². The highest BCUT2D eigenvalue weighted by atomic mass is 15.1. The van der Waals surface area contributed by atoms with E-state index in [0.29, 0.717) is 5.95 Å². The summed E-state index contributed by atoms with van der Waals surface area (Å²) in [5.41, 5.74) is 9.61. The topological polar surface area (TPSA) is 62.9 Å². The van der Waals surface area contributed by atoms with Gasteiger partial charge in [-0.3, -0.25) is 0 Å². The Morgan fingerprint density at radius 1 is 1.33 bits per heavy atom. The van der Waals surface area contributed by atoms with Gasteiger partial charge in [0.2, 0.25) is 0 Å². The molecular weight excluding hydrogens is 262 g/mol. The lowest BCUT2D eigenvalue weighted by atomic mass is 10.1. The van der Waals surface area contributed by atoms with Gasteiger partial charge in [0, 0.05) is 36.0 Å². The normalized spacial score (nSPS) is 11.6. The predicted octanol–water partition coefficient (Wildman–Crippen LogP) is 2.10. The Morgan fingerprint density at radius 2 is 2.19 bits per heavy atom. The third-order valence-corrected chi connectivity index (χ3v) is 3.76. The molecule has 3 aromatic rings. The molecule has 0 fully saturated rings. The first-order chi connectivity index (χ1) is 10.1. The maximum atomic E-state index is 5.83. The molecule has 3 rings (SSSR count). The van der Waals surface area contributed by atoms with E-state index in [4.69, 9.17) is 5.73 Å². The van der Waals surface area contributed by atoms with Crippen molar-refractivity contribution < 1.29 is 0 Å². The molecule has 3 N–H and O–H groups in total. The van der Waals surface area contributed by atoms with E-state index in [1.165, 1.54) is 22.0 Å². The van der Waals surface area contributed by atoms with Gasteiger partial charge in [0.05, 0.1) is 6.54 Å². The molecule has 0 aliphatic carbocycles. The number of imidazole rings is 1. The molecule has 0 aliphatic heterocycles. The molecule has 0 unspecified atom stereocenters. The Morgan fingerprint density at radius 3 is 2.90 bits per heavy atom. The molecule has 5 nitrogen and oxygen atoms in total. The Kier molecular flexibility index (Phi) is 3.66. The first-order valence-corrected chi connectivity index (χ1v) is 7.13. The minimum Gasteiger partial charge on any atom is -0.369 e. The molecule has 5 heteroatoms. The molecule has 0 radical (unpaired) electrons. The quantitative estimate of drug-likeness (QED) is 0.753. The number of hydrogen-bond acceptors (Lipinski definition) is 3. The van der Waals surface area contributed by atoms with E-state index in [9.17, 15) is 0 Å². The molecule has 0 saturated heterocycles. The van der Waals surface area contributed by atoms with E-state index in [2.05, 4.69) is 53.4 Å². The second-order valence-corrected chi connectivity index (χ2v) is 5.66. The average Bonchev–Trinajstić information content (AvgIpc) is 3.03. The van der Waals surface area contributed by atoms with Crippen molar-refractivity contribution in [2.45, 2.75) is 13.0 Å². The summed E-state index contributed by atoms with van der Waals surface area (Å²) in [7, 11) is 4.20. The van der Waals surface area contributed by atoms with Crippen LogP contribution in [0.5, 0.6) is 0 Å². The molecule has 1 aromatic carbocycles. The number of nitrogens with zero attached hydrogens (tertiary/aromatic N) is 3. The summed E-state index contributed by atoms with van der Waals surface area (Å²) < 4.78 is 1.95. The van der Waals surface area contributed by atoms with Crippen LogP contribution in [0.1, 0.15) is 11.1 Å². The van der Waals surface area contributed by atoms with E-state index in [1.54, 1.807) is 6.20 Å². The van der Waals surface area contributed by atoms with Crippen molar-refractivity contribution in [2.75, 3.05) is 26.4 Å². The van der Waals surface area contributed by atoms with E-state index in [0.717, 1.165) is 19.5 Å². The maximum Gasteiger partial charge on any atom is 0.200 e. The number of aromatic amines is 1. The lowest BCUT2D eigenvalue weighted by Gasteiger charge is -2.09. The van der Waals surface area contributed by atoms with E-state index in [1.807, 2.05) is 10.8 Å². The van der Waals surface area contributed by atoms with Crippen molar-refractivity contribution in [3.8, 4) is 0 Å². The van der Waals surface area contributed by atoms with Crippen LogP contribution in [0.3, 0.4) is 0 Å². The standard InChI is InChI=1S/C16H21N5/c1-20(2)7-5-13-10-19-15-4-3-12(9-14(13)15)11-21-8-6-18-16(21)17/h3-4,6,8-10,19H,5,7,11H2,1-2H3,(H2,17,18). The molecule has 2 heterocycles. The summed E-state index contributed by atoms with van der Waals surface area (Å²) in [6.07, 6.45) is 6.80. The molecular formula is C16H21N5. The highest BCUT2D eigenvalue weighted by molar-refractivity contribution is 5.83. The molecule has 0 spiro atoms. The van der Waals surface area contributed by atoms with Crippen molar-refractivity contribution in [1.29, 1.82) is 0 Å². The summed E-state index contributed by atoms with van der Waals surface area (Å²) in [6, 6.07) is 6.52. The zero-order chi connectivity index (χ0) is 14.8. The fraction of sp³-hybridized carbons (Fsp3) is 0.312. The van der Waals surface area contributed by atoms with Crippen LogP contribution in [0.2, 0.25) is 0 Å². The Balaban J connectivity index is 1.87. The summed E-state index contributed by atoms with van der Waals surface area (Å²) >= 11 is 0. The third-order valence-electron chi connectivity index (χ3n) is 3.76. The van der Waals surface area contributed by atoms with Crippen LogP contribution >= 0.6 is 0 Å². The number of likely N-dealkylation sites (N-methyl/N-ethyl adjacent to an activating group) is 1. The molecule has 21 heavy (non-hydrogen) atoms. The van der Waals surface area contributed by atoms with Gasteiger partial charge in [-0.15, -0.1) is 0 Å². The predicted molar refractivity (Wildman–Crippen MR) is 86.3 cm³/mol. The number of nitrogens with two attached hydrogens (primary N) is 1. The number of H-pyrrole nitrogens is 1. The first-order valence-electron chi connectivity index (χ1n) is 7.13. The number of rotatable bonds is 5. The van der Waals surface area contributed by atoms with Crippen LogP contribution in [0.4, 0.5) is 5.95 Å². The molecule has 2 aromatic heterocycles. The van der Waals surface area contributed by atoms with Gasteiger partial charge in [0.1, 0.15) is 0 Å². The zero-order valence-corrected chi connectivity index (χ0v) is 12.5. The summed E-state index contributed by atoms with van der Waals surface area (Å²) in [5, 5.41) is 1.30. The lowest BCUT2D eigenvalue weighted by molar-refractivity contribution is 0.414. The van der Waals surface area contributed by atoms with Gasteiger partial charge in [-0.05, 0) is 43.8 Å². The van der Waals surface area contributed by atoms with Crippen LogP contribution in [-0.4, -0.2) is 40.1 Å². The van der Waals surface area contributed by atoms with Crippen LogP contribution in [-0.2, 0) is 13.0 Å². The van der Waals surface area contributed by atoms with Crippen LogP contribution in [0.15, 0.2) is 36.8 Å². The second-order valence-electron chi connectivity index (χ2n) is 5.66. The van der Waals surface area contributed by atoms with Gasteiger partial charge in [-0.1, -0.05) is 6.07 Å². The van der Waals surface area contributed by atoms with Crippen LogP contribution in [0.25, 0.3) is 10.9 Å². The molecule has 0 atom stereocenters. The fourth-order valence-corrected chi connectivity index (χ4v) is 2.55. The zero-order valence-electron chi connectivity index (χ0n) is 12.5. The maximum absolute atomic E-state index is 5.83. The highest BCUT2D eigenvalue weighted by Crippen LogP contribution is 2.21. The summed E-state index contributed by atoms with van der Waals surface area (Å²) in [6.45, 7) is 1.80. The average molecular weight is 283 g/mol. The van der Waals surface area contributed by atoms with Crippen LogP contribution in [0, 0.1) is 0 Å². The summed E-state index contributed by atoms with van der Waals surface area (Å²) in [4.78, 5) is 9.61. The largest absolute Gasteiger partial charge is 0.369 e. The third kappa shape index (κ3) is 2.92. The highest BCUT2D eigenvalue weighted by Gasteiger charge is 2.06.